The van der Waals surface area contributed by atoms with Crippen molar-refractivity contribution in [3.63, 3.8) is 0 Å². The minimum absolute atomic E-state index is 0.388. The van der Waals surface area contributed by atoms with Crippen LogP contribution in [0.25, 0.3) is 0 Å². The lowest BCUT2D eigenvalue weighted by molar-refractivity contribution is 0.122. The van der Waals surface area contributed by atoms with E-state index in [9.17, 15) is 0 Å². The van der Waals surface area contributed by atoms with E-state index < -0.39 is 0 Å². The van der Waals surface area contributed by atoms with Gasteiger partial charge in [0, 0.05) is 60.7 Å². The van der Waals surface area contributed by atoms with Crippen molar-refractivity contribution in [1.82, 2.24) is 4.90 Å². The van der Waals surface area contributed by atoms with Gasteiger partial charge in [-0.15, -0.1) is 0 Å². The molecule has 0 radical (unpaired) electrons. The molecule has 3 aromatic rings. The Balaban J connectivity index is 1.14. The first-order chi connectivity index (χ1) is 17.2. The highest BCUT2D eigenvalue weighted by atomic mass is 35.5. The third-order valence-corrected chi connectivity index (χ3v) is 7.69. The monoisotopic (exact) mass is 489 g/mol. The van der Waals surface area contributed by atoms with E-state index in [0.29, 0.717) is 12.6 Å². The number of morpholine rings is 1. The molecule has 2 fully saturated rings. The van der Waals surface area contributed by atoms with Crippen molar-refractivity contribution in [3.05, 3.63) is 82.9 Å². The fourth-order valence-electron chi connectivity index (χ4n) is 5.55. The van der Waals surface area contributed by atoms with Gasteiger partial charge in [0.1, 0.15) is 12.4 Å². The maximum absolute atomic E-state index is 6.45. The number of halogens is 1. The summed E-state index contributed by atoms with van der Waals surface area (Å²) in [6.45, 7) is 7.38. The highest BCUT2D eigenvalue weighted by Crippen LogP contribution is 2.43. The van der Waals surface area contributed by atoms with Crippen LogP contribution in [0.5, 0.6) is 5.75 Å². The Morgan fingerprint density at radius 3 is 2.57 bits per heavy atom. The molecule has 0 aliphatic carbocycles. The lowest BCUT2D eigenvalue weighted by Gasteiger charge is -2.32. The summed E-state index contributed by atoms with van der Waals surface area (Å²) in [5, 5.41) is 0.767. The van der Waals surface area contributed by atoms with Crippen LogP contribution in [0.2, 0.25) is 5.02 Å². The van der Waals surface area contributed by atoms with Crippen LogP contribution in [-0.2, 0) is 17.8 Å². The Bertz CT molecular complexity index is 1160. The normalized spacial score (nSPS) is 20.2. The molecule has 5 nitrogen and oxygen atoms in total. The smallest absolute Gasteiger partial charge is 0.143 e. The van der Waals surface area contributed by atoms with Gasteiger partial charge in [0.05, 0.1) is 18.9 Å². The largest absolute Gasteiger partial charge is 0.487 e. The quantitative estimate of drug-likeness (QED) is 0.470. The third-order valence-electron chi connectivity index (χ3n) is 7.46. The van der Waals surface area contributed by atoms with Gasteiger partial charge in [-0.05, 0) is 54.8 Å². The molecule has 0 bridgehead atoms. The van der Waals surface area contributed by atoms with Gasteiger partial charge in [-0.3, -0.25) is 0 Å². The predicted octanol–water partition coefficient (Wildman–Crippen LogP) is 5.52. The number of hydrogen-bond acceptors (Lipinski definition) is 5. The Hall–Kier alpha value is -2.73. The number of fused-ring (bicyclic) bond motifs is 2. The van der Waals surface area contributed by atoms with Crippen molar-refractivity contribution in [1.29, 1.82) is 0 Å². The molecule has 0 N–H and O–H groups in total. The second kappa shape index (κ2) is 10.1. The molecule has 3 aromatic carbocycles. The molecule has 3 heterocycles. The zero-order chi connectivity index (χ0) is 23.6. The van der Waals surface area contributed by atoms with E-state index in [-0.39, 0.29) is 0 Å². The molecular formula is C29H32ClN3O2. The molecule has 1 atom stereocenters. The van der Waals surface area contributed by atoms with Crippen LogP contribution < -0.4 is 14.5 Å². The second-order valence-corrected chi connectivity index (χ2v) is 10.1. The lowest BCUT2D eigenvalue weighted by Crippen LogP contribution is -2.36. The van der Waals surface area contributed by atoms with Crippen LogP contribution in [-0.4, -0.2) is 56.9 Å². The summed E-state index contributed by atoms with van der Waals surface area (Å²) in [6.07, 6.45) is 2.19. The molecule has 0 saturated carbocycles. The van der Waals surface area contributed by atoms with Crippen LogP contribution in [0, 0.1) is 0 Å². The molecule has 3 aliphatic rings. The van der Waals surface area contributed by atoms with E-state index in [0.717, 1.165) is 75.2 Å². The summed E-state index contributed by atoms with van der Waals surface area (Å²) in [5.41, 5.74) is 6.20. The van der Waals surface area contributed by atoms with Crippen LogP contribution in [0.1, 0.15) is 17.5 Å². The third kappa shape index (κ3) is 4.86. The first kappa shape index (κ1) is 22.7. The van der Waals surface area contributed by atoms with Crippen molar-refractivity contribution in [2.45, 2.75) is 25.5 Å². The van der Waals surface area contributed by atoms with E-state index in [1.54, 1.807) is 0 Å². The summed E-state index contributed by atoms with van der Waals surface area (Å²) in [7, 11) is 0. The summed E-state index contributed by atoms with van der Waals surface area (Å²) in [5.74, 6) is 0.943. The number of rotatable bonds is 5. The van der Waals surface area contributed by atoms with E-state index in [4.69, 9.17) is 21.1 Å². The number of para-hydroxylation sites is 2. The van der Waals surface area contributed by atoms with Crippen molar-refractivity contribution in [2.75, 3.05) is 55.7 Å². The van der Waals surface area contributed by atoms with Crippen molar-refractivity contribution < 1.29 is 9.47 Å². The lowest BCUT2D eigenvalue weighted by atomic mass is 10.1. The van der Waals surface area contributed by atoms with Crippen molar-refractivity contribution in [2.24, 2.45) is 0 Å². The maximum Gasteiger partial charge on any atom is 0.143 e. The number of hydrogen-bond donors (Lipinski definition) is 0. The molecule has 182 valence electrons. The fourth-order valence-corrected chi connectivity index (χ4v) is 5.71. The SMILES string of the molecule is Clc1ccc2c(c1)N(C1CCN(CCc3ccc(N4CCOCC4)cc3)C1)c1ccccc1OC2. The van der Waals surface area contributed by atoms with Crippen LogP contribution in [0.4, 0.5) is 17.1 Å². The van der Waals surface area contributed by atoms with Gasteiger partial charge < -0.3 is 24.2 Å². The average Bonchev–Trinajstić information content (AvgIpc) is 3.30. The number of nitrogens with zero attached hydrogens (tertiary/aromatic N) is 3. The topological polar surface area (TPSA) is 28.2 Å². The molecule has 0 amide bonds. The van der Waals surface area contributed by atoms with Crippen molar-refractivity contribution >= 4 is 28.7 Å². The van der Waals surface area contributed by atoms with Gasteiger partial charge in [-0.1, -0.05) is 41.9 Å². The Labute approximate surface area is 212 Å². The van der Waals surface area contributed by atoms with E-state index in [2.05, 4.69) is 69.3 Å². The van der Waals surface area contributed by atoms with Crippen LogP contribution in [0.3, 0.4) is 0 Å². The summed E-state index contributed by atoms with van der Waals surface area (Å²) in [4.78, 5) is 7.48. The standard InChI is InChI=1S/C29H32ClN3O2/c30-24-8-7-23-21-35-29-4-2-1-3-27(29)33(28(23)19-24)26-12-14-31(20-26)13-11-22-5-9-25(10-6-22)32-15-17-34-18-16-32/h1-10,19,26H,11-18,20-21H2. The molecule has 6 heteroatoms. The molecule has 0 aromatic heterocycles. The van der Waals surface area contributed by atoms with E-state index in [1.165, 1.54) is 22.5 Å². The summed E-state index contributed by atoms with van der Waals surface area (Å²) < 4.78 is 11.7. The first-order valence-corrected chi connectivity index (χ1v) is 13.1. The zero-order valence-corrected chi connectivity index (χ0v) is 20.8. The molecular weight excluding hydrogens is 458 g/mol. The number of ether oxygens (including phenoxy) is 2. The van der Waals surface area contributed by atoms with Gasteiger partial charge >= 0.3 is 0 Å². The van der Waals surface area contributed by atoms with E-state index in [1.807, 2.05) is 12.1 Å². The van der Waals surface area contributed by atoms with Crippen LogP contribution in [0.15, 0.2) is 66.7 Å². The molecule has 2 saturated heterocycles. The second-order valence-electron chi connectivity index (χ2n) is 9.66. The molecule has 35 heavy (non-hydrogen) atoms. The minimum Gasteiger partial charge on any atom is -0.487 e. The van der Waals surface area contributed by atoms with Gasteiger partial charge in [0.2, 0.25) is 0 Å². The maximum atomic E-state index is 6.45. The van der Waals surface area contributed by atoms with Gasteiger partial charge in [0.25, 0.3) is 0 Å². The first-order valence-electron chi connectivity index (χ1n) is 12.7. The highest BCUT2D eigenvalue weighted by molar-refractivity contribution is 6.30. The minimum atomic E-state index is 0.388. The van der Waals surface area contributed by atoms with Crippen molar-refractivity contribution in [3.8, 4) is 5.75 Å². The molecule has 1 unspecified atom stereocenters. The summed E-state index contributed by atoms with van der Waals surface area (Å²) in [6, 6.07) is 24.0. The molecule has 6 rings (SSSR count). The van der Waals surface area contributed by atoms with Crippen LogP contribution >= 0.6 is 11.6 Å². The van der Waals surface area contributed by atoms with E-state index >= 15 is 0 Å². The Morgan fingerprint density at radius 2 is 1.71 bits per heavy atom. The summed E-state index contributed by atoms with van der Waals surface area (Å²) >= 11 is 6.45. The molecule has 3 aliphatic heterocycles. The fraction of sp³-hybridized carbons (Fsp3) is 0.379. The molecule has 0 spiro atoms. The Morgan fingerprint density at radius 1 is 0.886 bits per heavy atom. The van der Waals surface area contributed by atoms with Gasteiger partial charge in [-0.2, -0.15) is 0 Å². The average molecular weight is 490 g/mol. The Kier molecular flexibility index (Phi) is 6.55. The zero-order valence-electron chi connectivity index (χ0n) is 20.0. The predicted molar refractivity (Wildman–Crippen MR) is 142 cm³/mol. The van der Waals surface area contributed by atoms with Gasteiger partial charge in [0.15, 0.2) is 0 Å². The highest BCUT2D eigenvalue weighted by Gasteiger charge is 2.33. The number of benzene rings is 3. The number of anilines is 3. The number of likely N-dealkylation sites (tertiary alicyclic amines) is 1. The van der Waals surface area contributed by atoms with Gasteiger partial charge in [-0.25, -0.2) is 0 Å².